The van der Waals surface area contributed by atoms with Crippen LogP contribution in [0.25, 0.3) is 0 Å². The highest BCUT2D eigenvalue weighted by atomic mass is 32.2. The third-order valence-electron chi connectivity index (χ3n) is 3.32. The lowest BCUT2D eigenvalue weighted by Gasteiger charge is -2.26. The zero-order chi connectivity index (χ0) is 13.8. The van der Waals surface area contributed by atoms with Gasteiger partial charge in [-0.05, 0) is 37.5 Å². The molecule has 1 N–H and O–H groups in total. The second-order valence-corrected chi connectivity index (χ2v) is 8.08. The molecule has 0 aromatic rings. The monoisotopic (exact) mass is 275 g/mol. The van der Waals surface area contributed by atoms with E-state index in [4.69, 9.17) is 0 Å². The number of carbonyl (C=O) groups is 1. The third kappa shape index (κ3) is 5.85. The molecule has 1 aliphatic rings. The molecule has 106 valence electrons. The Morgan fingerprint density at radius 3 is 2.28 bits per heavy atom. The number of hydrogen-bond donors (Lipinski definition) is 1. The SMILES string of the molecule is CC(C)CS(=O)(=O)CC(=O)NC1CCC(C)CC1. The van der Waals surface area contributed by atoms with Crippen molar-refractivity contribution >= 4 is 15.7 Å². The van der Waals surface area contributed by atoms with Crippen LogP contribution >= 0.6 is 0 Å². The summed E-state index contributed by atoms with van der Waals surface area (Å²) in [6, 6.07) is 0.169. The summed E-state index contributed by atoms with van der Waals surface area (Å²) >= 11 is 0. The first-order valence-corrected chi connectivity index (χ1v) is 8.60. The first-order chi connectivity index (χ1) is 8.28. The normalized spacial score (nSPS) is 25.1. The molecule has 0 unspecified atom stereocenters. The summed E-state index contributed by atoms with van der Waals surface area (Å²) in [6.07, 6.45) is 4.17. The van der Waals surface area contributed by atoms with Gasteiger partial charge in [-0.2, -0.15) is 0 Å². The minimum Gasteiger partial charge on any atom is -0.352 e. The van der Waals surface area contributed by atoms with E-state index in [0.717, 1.165) is 31.6 Å². The van der Waals surface area contributed by atoms with Crippen molar-refractivity contribution < 1.29 is 13.2 Å². The van der Waals surface area contributed by atoms with Gasteiger partial charge < -0.3 is 5.32 Å². The van der Waals surface area contributed by atoms with Gasteiger partial charge in [-0.1, -0.05) is 20.8 Å². The fraction of sp³-hybridized carbons (Fsp3) is 0.923. The van der Waals surface area contributed by atoms with E-state index >= 15 is 0 Å². The van der Waals surface area contributed by atoms with Gasteiger partial charge in [0.25, 0.3) is 0 Å². The van der Waals surface area contributed by atoms with Crippen LogP contribution in [-0.2, 0) is 14.6 Å². The van der Waals surface area contributed by atoms with Crippen molar-refractivity contribution in [3.05, 3.63) is 0 Å². The molecule has 5 heteroatoms. The van der Waals surface area contributed by atoms with E-state index in [-0.39, 0.29) is 29.4 Å². The van der Waals surface area contributed by atoms with E-state index in [1.807, 2.05) is 13.8 Å². The van der Waals surface area contributed by atoms with Gasteiger partial charge in [0.05, 0.1) is 5.75 Å². The van der Waals surface area contributed by atoms with Crippen LogP contribution in [-0.4, -0.2) is 31.9 Å². The highest BCUT2D eigenvalue weighted by Gasteiger charge is 2.23. The Labute approximate surface area is 110 Å². The Morgan fingerprint density at radius 2 is 1.78 bits per heavy atom. The molecule has 0 saturated heterocycles. The number of carbonyl (C=O) groups excluding carboxylic acids is 1. The van der Waals surface area contributed by atoms with Crippen molar-refractivity contribution in [2.24, 2.45) is 11.8 Å². The van der Waals surface area contributed by atoms with Crippen molar-refractivity contribution in [1.82, 2.24) is 5.32 Å². The third-order valence-corrected chi connectivity index (χ3v) is 5.20. The minimum atomic E-state index is -3.25. The first kappa shape index (κ1) is 15.5. The van der Waals surface area contributed by atoms with Gasteiger partial charge in [0, 0.05) is 6.04 Å². The fourth-order valence-corrected chi connectivity index (χ4v) is 4.06. The average molecular weight is 275 g/mol. The minimum absolute atomic E-state index is 0.0679. The van der Waals surface area contributed by atoms with Crippen molar-refractivity contribution in [2.75, 3.05) is 11.5 Å². The quantitative estimate of drug-likeness (QED) is 0.831. The summed E-state index contributed by atoms with van der Waals surface area (Å²) < 4.78 is 23.4. The Kier molecular flexibility index (Phi) is 5.63. The highest BCUT2D eigenvalue weighted by molar-refractivity contribution is 7.92. The smallest absolute Gasteiger partial charge is 0.235 e. The van der Waals surface area contributed by atoms with Gasteiger partial charge in [-0.15, -0.1) is 0 Å². The van der Waals surface area contributed by atoms with Crippen LogP contribution in [0.5, 0.6) is 0 Å². The molecular formula is C13H25NO3S. The molecule has 0 atom stereocenters. The molecule has 1 rings (SSSR count). The van der Waals surface area contributed by atoms with E-state index in [0.29, 0.717) is 0 Å². The van der Waals surface area contributed by atoms with Crippen LogP contribution in [0, 0.1) is 11.8 Å². The second kappa shape index (κ2) is 6.55. The summed E-state index contributed by atoms with van der Waals surface area (Å²) in [4.78, 5) is 11.7. The zero-order valence-corrected chi connectivity index (χ0v) is 12.4. The van der Waals surface area contributed by atoms with Crippen molar-refractivity contribution in [3.8, 4) is 0 Å². The largest absolute Gasteiger partial charge is 0.352 e. The van der Waals surface area contributed by atoms with Gasteiger partial charge in [0.1, 0.15) is 5.75 Å². The molecule has 0 aromatic carbocycles. The van der Waals surface area contributed by atoms with E-state index < -0.39 is 9.84 Å². The van der Waals surface area contributed by atoms with Crippen molar-refractivity contribution in [2.45, 2.75) is 52.5 Å². The highest BCUT2D eigenvalue weighted by Crippen LogP contribution is 2.23. The van der Waals surface area contributed by atoms with Gasteiger partial charge >= 0.3 is 0 Å². The van der Waals surface area contributed by atoms with E-state index in [9.17, 15) is 13.2 Å². The number of sulfone groups is 1. The standard InChI is InChI=1S/C13H25NO3S/c1-10(2)8-18(16,17)9-13(15)14-12-6-4-11(3)5-7-12/h10-12H,4-9H2,1-3H3,(H,14,15). The Morgan fingerprint density at radius 1 is 1.22 bits per heavy atom. The average Bonchev–Trinajstić information content (AvgIpc) is 2.18. The Bertz CT molecular complexity index is 368. The van der Waals surface area contributed by atoms with Gasteiger partial charge in [0.15, 0.2) is 9.84 Å². The number of nitrogens with one attached hydrogen (secondary N) is 1. The summed E-state index contributed by atoms with van der Waals surface area (Å²) in [7, 11) is -3.25. The summed E-state index contributed by atoms with van der Waals surface area (Å²) in [6.45, 7) is 5.90. The van der Waals surface area contributed by atoms with Crippen molar-refractivity contribution in [3.63, 3.8) is 0 Å². The van der Waals surface area contributed by atoms with Gasteiger partial charge in [0.2, 0.25) is 5.91 Å². The second-order valence-electron chi connectivity index (χ2n) is 5.97. The van der Waals surface area contributed by atoms with Crippen molar-refractivity contribution in [1.29, 1.82) is 0 Å². The molecule has 1 aliphatic carbocycles. The summed E-state index contributed by atoms with van der Waals surface area (Å²) in [5, 5.41) is 2.85. The lowest BCUT2D eigenvalue weighted by Crippen LogP contribution is -2.40. The van der Waals surface area contributed by atoms with Crippen LogP contribution < -0.4 is 5.32 Å². The van der Waals surface area contributed by atoms with Crippen LogP contribution in [0.1, 0.15) is 46.5 Å². The van der Waals surface area contributed by atoms with Crippen LogP contribution in [0.2, 0.25) is 0 Å². The molecule has 0 radical (unpaired) electrons. The van der Waals surface area contributed by atoms with Gasteiger partial charge in [-0.25, -0.2) is 8.42 Å². The molecule has 1 amide bonds. The first-order valence-electron chi connectivity index (χ1n) is 6.78. The predicted octanol–water partition coefficient (Wildman–Crippen LogP) is 1.75. The maximum absolute atomic E-state index is 11.7. The van der Waals surface area contributed by atoms with E-state index in [1.54, 1.807) is 0 Å². The summed E-state index contributed by atoms with van der Waals surface area (Å²) in [5.74, 6) is 0.177. The van der Waals surface area contributed by atoms with Gasteiger partial charge in [-0.3, -0.25) is 4.79 Å². The van der Waals surface area contributed by atoms with Crippen LogP contribution in [0.3, 0.4) is 0 Å². The Hall–Kier alpha value is -0.580. The number of rotatable bonds is 5. The molecule has 1 fully saturated rings. The number of amides is 1. The lowest BCUT2D eigenvalue weighted by atomic mass is 9.87. The van der Waals surface area contributed by atoms with E-state index in [2.05, 4.69) is 12.2 Å². The lowest BCUT2D eigenvalue weighted by molar-refractivity contribution is -0.119. The van der Waals surface area contributed by atoms with Crippen LogP contribution in [0.4, 0.5) is 0 Å². The molecule has 4 nitrogen and oxygen atoms in total. The fourth-order valence-electron chi connectivity index (χ4n) is 2.44. The summed E-state index contributed by atoms with van der Waals surface area (Å²) in [5.41, 5.74) is 0. The molecule has 0 aromatic heterocycles. The number of hydrogen-bond acceptors (Lipinski definition) is 3. The van der Waals surface area contributed by atoms with Crippen LogP contribution in [0.15, 0.2) is 0 Å². The molecule has 0 aliphatic heterocycles. The molecule has 18 heavy (non-hydrogen) atoms. The maximum Gasteiger partial charge on any atom is 0.235 e. The Balaban J connectivity index is 2.37. The molecule has 1 saturated carbocycles. The zero-order valence-electron chi connectivity index (χ0n) is 11.6. The van der Waals surface area contributed by atoms with E-state index in [1.165, 1.54) is 0 Å². The molecular weight excluding hydrogens is 250 g/mol. The maximum atomic E-state index is 11.7. The topological polar surface area (TPSA) is 63.2 Å². The predicted molar refractivity (Wildman–Crippen MR) is 73.1 cm³/mol. The molecule has 0 bridgehead atoms. The molecule has 0 heterocycles. The molecule has 0 spiro atoms.